The van der Waals surface area contributed by atoms with Crippen LogP contribution in [0.15, 0.2) is 24.3 Å². The predicted molar refractivity (Wildman–Crippen MR) is 79.8 cm³/mol. The Kier molecular flexibility index (Phi) is 5.12. The molecule has 0 aliphatic heterocycles. The quantitative estimate of drug-likeness (QED) is 0.876. The Bertz CT molecular complexity index is 435. The van der Waals surface area contributed by atoms with Crippen LogP contribution in [0.3, 0.4) is 0 Å². The zero-order valence-corrected chi connectivity index (χ0v) is 12.7. The fourth-order valence-corrected chi connectivity index (χ4v) is 1.96. The van der Waals surface area contributed by atoms with Crippen molar-refractivity contribution in [3.63, 3.8) is 0 Å². The fraction of sp³-hybridized carbons (Fsp3) is 0.562. The molecule has 19 heavy (non-hydrogen) atoms. The van der Waals surface area contributed by atoms with Crippen molar-refractivity contribution in [3.8, 4) is 0 Å². The van der Waals surface area contributed by atoms with E-state index < -0.39 is 0 Å². The van der Waals surface area contributed by atoms with E-state index in [0.717, 1.165) is 5.56 Å². The van der Waals surface area contributed by atoms with E-state index in [0.29, 0.717) is 6.42 Å². The zero-order valence-electron chi connectivity index (χ0n) is 12.7. The van der Waals surface area contributed by atoms with E-state index in [1.165, 1.54) is 5.56 Å². The maximum Gasteiger partial charge on any atom is 0.222 e. The number of hydrogen-bond acceptors (Lipinski definition) is 2. The summed E-state index contributed by atoms with van der Waals surface area (Å²) in [6, 6.07) is 7.98. The van der Waals surface area contributed by atoms with Crippen molar-refractivity contribution < 1.29 is 4.79 Å². The molecule has 0 radical (unpaired) electrons. The van der Waals surface area contributed by atoms with Gasteiger partial charge in [-0.15, -0.1) is 0 Å². The molecule has 0 aliphatic carbocycles. The average Bonchev–Trinajstić information content (AvgIpc) is 2.27. The van der Waals surface area contributed by atoms with Gasteiger partial charge in [0.05, 0.1) is 6.04 Å². The molecular formula is C16H26N2O. The van der Waals surface area contributed by atoms with Gasteiger partial charge in [0.1, 0.15) is 0 Å². The van der Waals surface area contributed by atoms with Crippen LogP contribution in [0, 0.1) is 12.3 Å². The summed E-state index contributed by atoms with van der Waals surface area (Å²) in [6.07, 6.45) is 0.361. The summed E-state index contributed by atoms with van der Waals surface area (Å²) in [4.78, 5) is 12.0. The van der Waals surface area contributed by atoms with Gasteiger partial charge in [-0.2, -0.15) is 0 Å². The molecule has 3 nitrogen and oxygen atoms in total. The van der Waals surface area contributed by atoms with Gasteiger partial charge in [-0.25, -0.2) is 0 Å². The van der Waals surface area contributed by atoms with E-state index in [4.69, 9.17) is 5.73 Å². The number of benzene rings is 1. The normalized spacial score (nSPS) is 14.8. The van der Waals surface area contributed by atoms with E-state index in [1.807, 2.05) is 25.1 Å². The first kappa shape index (κ1) is 15.7. The van der Waals surface area contributed by atoms with Gasteiger partial charge in [-0.05, 0) is 30.4 Å². The van der Waals surface area contributed by atoms with Crippen molar-refractivity contribution in [2.24, 2.45) is 11.1 Å². The van der Waals surface area contributed by atoms with Gasteiger partial charge in [0.25, 0.3) is 0 Å². The summed E-state index contributed by atoms with van der Waals surface area (Å²) in [5, 5.41) is 3.02. The first-order chi connectivity index (χ1) is 8.71. The largest absolute Gasteiger partial charge is 0.350 e. The van der Waals surface area contributed by atoms with Crippen molar-refractivity contribution in [2.45, 2.75) is 53.1 Å². The van der Waals surface area contributed by atoms with Crippen LogP contribution in [0.25, 0.3) is 0 Å². The molecule has 3 heteroatoms. The molecule has 0 bridgehead atoms. The summed E-state index contributed by atoms with van der Waals surface area (Å²) < 4.78 is 0. The Labute approximate surface area is 116 Å². The second-order valence-electron chi connectivity index (χ2n) is 6.32. The number of nitrogens with two attached hydrogens (primary N) is 1. The number of rotatable bonds is 4. The summed E-state index contributed by atoms with van der Waals surface area (Å²) in [6.45, 7) is 10.2. The van der Waals surface area contributed by atoms with Crippen LogP contribution in [0.5, 0.6) is 0 Å². The van der Waals surface area contributed by atoms with Crippen molar-refractivity contribution >= 4 is 5.91 Å². The molecule has 1 aromatic carbocycles. The van der Waals surface area contributed by atoms with E-state index in [-0.39, 0.29) is 23.4 Å². The zero-order chi connectivity index (χ0) is 14.6. The molecular weight excluding hydrogens is 236 g/mol. The second-order valence-corrected chi connectivity index (χ2v) is 6.32. The molecule has 106 valence electrons. The highest BCUT2D eigenvalue weighted by Gasteiger charge is 2.23. The molecule has 0 saturated heterocycles. The monoisotopic (exact) mass is 262 g/mol. The summed E-state index contributed by atoms with van der Waals surface area (Å²) in [5.74, 6) is 0.0122. The smallest absolute Gasteiger partial charge is 0.222 e. The molecule has 1 rings (SSSR count). The van der Waals surface area contributed by atoms with Gasteiger partial charge in [0.15, 0.2) is 0 Å². The highest BCUT2D eigenvalue weighted by Crippen LogP contribution is 2.21. The summed E-state index contributed by atoms with van der Waals surface area (Å²) >= 11 is 0. The lowest BCUT2D eigenvalue weighted by Crippen LogP contribution is -2.40. The minimum atomic E-state index is -0.128. The van der Waals surface area contributed by atoms with Crippen LogP contribution in [-0.4, -0.2) is 11.9 Å². The Morgan fingerprint density at radius 2 is 1.89 bits per heavy atom. The number of hydrogen-bond donors (Lipinski definition) is 2. The van der Waals surface area contributed by atoms with Crippen LogP contribution in [0.4, 0.5) is 0 Å². The fourth-order valence-electron chi connectivity index (χ4n) is 1.96. The third-order valence-electron chi connectivity index (χ3n) is 3.55. The van der Waals surface area contributed by atoms with Crippen molar-refractivity contribution in [2.75, 3.05) is 0 Å². The SMILES string of the molecule is Cc1ccccc1[C@H](C)NC(=O)CC(N)C(C)(C)C. The van der Waals surface area contributed by atoms with Gasteiger partial charge in [-0.1, -0.05) is 45.0 Å². The van der Waals surface area contributed by atoms with Gasteiger partial charge in [-0.3, -0.25) is 4.79 Å². The van der Waals surface area contributed by atoms with Crippen LogP contribution in [-0.2, 0) is 4.79 Å². The maximum atomic E-state index is 12.0. The first-order valence-corrected chi connectivity index (χ1v) is 6.82. The van der Waals surface area contributed by atoms with Gasteiger partial charge >= 0.3 is 0 Å². The third kappa shape index (κ3) is 4.67. The highest BCUT2D eigenvalue weighted by molar-refractivity contribution is 5.77. The number of aryl methyl sites for hydroxylation is 1. The van der Waals surface area contributed by atoms with Crippen molar-refractivity contribution in [1.82, 2.24) is 5.32 Å². The lowest BCUT2D eigenvalue weighted by Gasteiger charge is -2.27. The Morgan fingerprint density at radius 3 is 2.42 bits per heavy atom. The molecule has 0 aromatic heterocycles. The molecule has 1 amide bonds. The summed E-state index contributed by atoms with van der Waals surface area (Å²) in [5.41, 5.74) is 8.33. The lowest BCUT2D eigenvalue weighted by molar-refractivity contribution is -0.122. The first-order valence-electron chi connectivity index (χ1n) is 6.82. The van der Waals surface area contributed by atoms with Crippen LogP contribution in [0.1, 0.15) is 51.3 Å². The topological polar surface area (TPSA) is 55.1 Å². The predicted octanol–water partition coefficient (Wildman–Crippen LogP) is 2.94. The molecule has 0 aliphatic rings. The molecule has 0 spiro atoms. The second kappa shape index (κ2) is 6.20. The number of amides is 1. The molecule has 1 unspecified atom stereocenters. The molecule has 1 aromatic rings. The number of nitrogens with one attached hydrogen (secondary N) is 1. The number of carbonyl (C=O) groups excluding carboxylic acids is 1. The standard InChI is InChI=1S/C16H26N2O/c1-11-8-6-7-9-13(11)12(2)18-15(19)10-14(17)16(3,4)5/h6-9,12,14H,10,17H2,1-5H3,(H,18,19)/t12-,14?/m0/s1. The molecule has 3 N–H and O–H groups in total. The van der Waals surface area contributed by atoms with Crippen LogP contribution in [0.2, 0.25) is 0 Å². The minimum Gasteiger partial charge on any atom is -0.350 e. The van der Waals surface area contributed by atoms with Gasteiger partial charge < -0.3 is 11.1 Å². The highest BCUT2D eigenvalue weighted by atomic mass is 16.1. The van der Waals surface area contributed by atoms with Crippen molar-refractivity contribution in [3.05, 3.63) is 35.4 Å². The van der Waals surface area contributed by atoms with E-state index >= 15 is 0 Å². The van der Waals surface area contributed by atoms with Crippen LogP contribution >= 0.6 is 0 Å². The minimum absolute atomic E-state index is 0.0122. The number of carbonyl (C=O) groups is 1. The van der Waals surface area contributed by atoms with E-state index in [1.54, 1.807) is 0 Å². The Balaban J connectivity index is 2.61. The van der Waals surface area contributed by atoms with E-state index in [9.17, 15) is 4.79 Å². The van der Waals surface area contributed by atoms with Crippen LogP contribution < -0.4 is 11.1 Å². The lowest BCUT2D eigenvalue weighted by atomic mass is 9.85. The van der Waals surface area contributed by atoms with E-state index in [2.05, 4.69) is 39.1 Å². The average molecular weight is 262 g/mol. The molecule has 0 saturated carbocycles. The third-order valence-corrected chi connectivity index (χ3v) is 3.55. The molecule has 0 fully saturated rings. The maximum absolute atomic E-state index is 12.0. The Hall–Kier alpha value is -1.35. The Morgan fingerprint density at radius 1 is 1.32 bits per heavy atom. The van der Waals surface area contributed by atoms with Crippen molar-refractivity contribution in [1.29, 1.82) is 0 Å². The van der Waals surface area contributed by atoms with Gasteiger partial charge in [0, 0.05) is 12.5 Å². The van der Waals surface area contributed by atoms with Gasteiger partial charge in [0.2, 0.25) is 5.91 Å². The molecule has 0 heterocycles. The summed E-state index contributed by atoms with van der Waals surface area (Å²) in [7, 11) is 0. The molecule has 2 atom stereocenters.